The van der Waals surface area contributed by atoms with Gasteiger partial charge in [-0.25, -0.2) is 0 Å². The number of nitrogens with zero attached hydrogens (tertiary/aromatic N) is 1. The van der Waals surface area contributed by atoms with Crippen LogP contribution in [-0.4, -0.2) is 11.1 Å². The molecule has 0 amide bonds. The molecule has 135 valence electrons. The fourth-order valence-corrected chi connectivity index (χ4v) is 2.37. The van der Waals surface area contributed by atoms with Crippen LogP contribution in [0.25, 0.3) is 11.3 Å². The molecule has 4 rings (SSSR count). The van der Waals surface area contributed by atoms with Gasteiger partial charge in [0.15, 0.2) is 12.4 Å². The molecule has 2 aromatic rings. The van der Waals surface area contributed by atoms with Crippen LogP contribution in [0.1, 0.15) is 11.3 Å². The number of hydrogen-bond donors (Lipinski definition) is 0. The first-order chi connectivity index (χ1) is 12.7. The second kappa shape index (κ2) is 11.3. The van der Waals surface area contributed by atoms with Gasteiger partial charge in [0, 0.05) is 11.6 Å². The number of ether oxygens (including phenoxy) is 1. The van der Waals surface area contributed by atoms with Crippen molar-refractivity contribution in [3.05, 3.63) is 105 Å². The number of hydrogen-bond acceptors (Lipinski definition) is 4. The zero-order valence-electron chi connectivity index (χ0n) is 14.8. The van der Waals surface area contributed by atoms with Gasteiger partial charge in [0.25, 0.3) is 0 Å². The Hall–Kier alpha value is -1.58. The van der Waals surface area contributed by atoms with Gasteiger partial charge in [-0.1, -0.05) is 28.9 Å². The molecule has 2 saturated carbocycles. The van der Waals surface area contributed by atoms with Crippen LogP contribution in [0.3, 0.4) is 0 Å². The predicted octanol–water partition coefficient (Wildman–Crippen LogP) is 4.12. The molecule has 1 aromatic carbocycles. The summed E-state index contributed by atoms with van der Waals surface area (Å²) in [6.45, 7) is 2.09. The minimum Gasteiger partial charge on any atom is -0.457 e. The molecule has 2 fully saturated rings. The molecule has 5 heteroatoms. The summed E-state index contributed by atoms with van der Waals surface area (Å²) in [7, 11) is 0. The summed E-state index contributed by atoms with van der Waals surface area (Å²) in [4.78, 5) is 11.7. The van der Waals surface area contributed by atoms with Crippen molar-refractivity contribution >= 4 is 5.97 Å². The quantitative estimate of drug-likeness (QED) is 0.572. The van der Waals surface area contributed by atoms with Crippen LogP contribution in [-0.2, 0) is 33.2 Å². The van der Waals surface area contributed by atoms with Crippen molar-refractivity contribution in [3.63, 3.8) is 0 Å². The molecule has 0 spiro atoms. The maximum absolute atomic E-state index is 11.7. The average Bonchev–Trinajstić information content (AvgIpc) is 3.44. The van der Waals surface area contributed by atoms with Crippen LogP contribution >= 0.6 is 0 Å². The van der Waals surface area contributed by atoms with E-state index in [-0.39, 0.29) is 29.6 Å². The fourth-order valence-electron chi connectivity index (χ4n) is 2.37. The molecule has 4 nitrogen and oxygen atoms in total. The Morgan fingerprint density at radius 2 is 1.67 bits per heavy atom. The molecule has 0 bridgehead atoms. The summed E-state index contributed by atoms with van der Waals surface area (Å²) in [6, 6.07) is 9.76. The average molecular weight is 401 g/mol. The number of rotatable bonds is 4. The normalized spacial score (nSPS) is 16.3. The van der Waals surface area contributed by atoms with Crippen molar-refractivity contribution in [1.82, 2.24) is 5.16 Å². The van der Waals surface area contributed by atoms with Gasteiger partial charge in [-0.05, 0) is 70.8 Å². The van der Waals surface area contributed by atoms with E-state index in [0.29, 0.717) is 11.7 Å². The van der Waals surface area contributed by atoms with E-state index >= 15 is 0 Å². The van der Waals surface area contributed by atoms with Gasteiger partial charge < -0.3 is 9.26 Å². The first kappa shape index (κ1) is 21.7. The largest absolute Gasteiger partial charge is 3.00 e. The molecule has 0 atom stereocenters. The second-order valence-corrected chi connectivity index (χ2v) is 5.76. The summed E-state index contributed by atoms with van der Waals surface area (Å²) in [5.41, 5.74) is 2.87. The molecular formula is C22H19FeNO3+3. The minimum atomic E-state index is -0.367. The van der Waals surface area contributed by atoms with Gasteiger partial charge in [-0.15, -0.1) is 0 Å². The molecule has 0 N–H and O–H groups in total. The molecule has 27 heavy (non-hydrogen) atoms. The van der Waals surface area contributed by atoms with Crippen molar-refractivity contribution in [1.29, 1.82) is 0 Å². The Morgan fingerprint density at radius 3 is 2.30 bits per heavy atom. The van der Waals surface area contributed by atoms with Crippen molar-refractivity contribution in [2.75, 3.05) is 0 Å². The van der Waals surface area contributed by atoms with Gasteiger partial charge >= 0.3 is 23.0 Å². The predicted molar refractivity (Wildman–Crippen MR) is 98.4 cm³/mol. The number of aromatic nitrogens is 1. The zero-order chi connectivity index (χ0) is 18.2. The van der Waals surface area contributed by atoms with Crippen LogP contribution in [0.5, 0.6) is 0 Å². The van der Waals surface area contributed by atoms with Crippen LogP contribution in [0, 0.1) is 70.6 Å². The van der Waals surface area contributed by atoms with E-state index in [9.17, 15) is 4.79 Å². The Bertz CT molecular complexity index is 695. The topological polar surface area (TPSA) is 52.3 Å². The van der Waals surface area contributed by atoms with Crippen molar-refractivity contribution in [3.8, 4) is 11.3 Å². The van der Waals surface area contributed by atoms with E-state index in [1.165, 1.54) is 0 Å². The minimum absolute atomic E-state index is 0. The van der Waals surface area contributed by atoms with Crippen molar-refractivity contribution in [2.24, 2.45) is 0 Å². The number of carbonyl (C=O) groups is 1. The summed E-state index contributed by atoms with van der Waals surface area (Å²) in [5.74, 6) is 0.688. The molecule has 0 unspecified atom stereocenters. The first-order valence-corrected chi connectivity index (χ1v) is 8.30. The van der Waals surface area contributed by atoms with Gasteiger partial charge in [-0.3, -0.25) is 4.79 Å². The number of esters is 1. The van der Waals surface area contributed by atoms with Crippen LogP contribution in [0.15, 0.2) is 34.9 Å². The fraction of sp³-hybridized carbons (Fsp3) is 0.0909. The van der Waals surface area contributed by atoms with Crippen molar-refractivity contribution < 1.29 is 31.1 Å². The third-order valence-electron chi connectivity index (χ3n) is 3.67. The molecule has 1 heterocycles. The van der Waals surface area contributed by atoms with E-state index in [1.807, 2.05) is 63.3 Å². The van der Waals surface area contributed by atoms with Crippen LogP contribution in [0.4, 0.5) is 0 Å². The standard InChI is InChI=1S/C17H14NO3.C5H5.Fe/c1-12-5-4-8-14(9-12)16-10-15(21-18-16)11-20-17(19)13-6-2-3-7-13;1-2-4-5-3-1;/h2-10H,11H2,1H3;1-5H;/q;;+3. The number of benzene rings is 1. The molecule has 1 aromatic heterocycles. The van der Waals surface area contributed by atoms with Gasteiger partial charge in [0.05, 0.1) is 5.92 Å². The van der Waals surface area contributed by atoms with Crippen molar-refractivity contribution in [2.45, 2.75) is 13.5 Å². The molecule has 2 aliphatic rings. The SMILES string of the molecule is Cc1cccc(-c2cc(COC(=O)[C]3[CH][CH][CH][CH]3)on2)c1.[CH]1[CH][CH][CH][CH]1.[Fe+3]. The van der Waals surface area contributed by atoms with Gasteiger partial charge in [0.1, 0.15) is 5.69 Å². The smallest absolute Gasteiger partial charge is 0.457 e. The molecule has 0 saturated heterocycles. The Morgan fingerprint density at radius 1 is 1.00 bits per heavy atom. The monoisotopic (exact) mass is 401 g/mol. The second-order valence-electron chi connectivity index (χ2n) is 5.76. The van der Waals surface area contributed by atoms with Gasteiger partial charge in [0.2, 0.25) is 0 Å². The van der Waals surface area contributed by atoms with Gasteiger partial charge in [-0.2, -0.15) is 0 Å². The van der Waals surface area contributed by atoms with Crippen LogP contribution < -0.4 is 0 Å². The van der Waals surface area contributed by atoms with E-state index in [0.717, 1.165) is 16.8 Å². The Kier molecular flexibility index (Phi) is 9.09. The maximum atomic E-state index is 11.7. The van der Waals surface area contributed by atoms with E-state index in [1.54, 1.807) is 31.7 Å². The first-order valence-electron chi connectivity index (χ1n) is 8.30. The van der Waals surface area contributed by atoms with E-state index in [2.05, 4.69) is 5.16 Å². The third kappa shape index (κ3) is 6.82. The zero-order valence-corrected chi connectivity index (χ0v) is 15.9. The third-order valence-corrected chi connectivity index (χ3v) is 3.67. The number of carbonyl (C=O) groups excluding carboxylic acids is 1. The van der Waals surface area contributed by atoms with Crippen LogP contribution in [0.2, 0.25) is 0 Å². The number of aryl methyl sites for hydroxylation is 1. The van der Waals surface area contributed by atoms with E-state index < -0.39 is 0 Å². The summed E-state index contributed by atoms with van der Waals surface area (Å²) < 4.78 is 10.4. The Balaban J connectivity index is 0.000000379. The molecule has 11 radical (unpaired) electrons. The molecule has 2 aliphatic carbocycles. The Labute approximate surface area is 172 Å². The summed E-state index contributed by atoms with van der Waals surface area (Å²) in [6.07, 6.45) is 17.0. The maximum Gasteiger partial charge on any atom is 3.00 e. The summed E-state index contributed by atoms with van der Waals surface area (Å²) in [5, 5.41) is 4.00. The molecule has 0 aliphatic heterocycles. The van der Waals surface area contributed by atoms with E-state index in [4.69, 9.17) is 9.26 Å². The molecular weight excluding hydrogens is 382 g/mol. The summed E-state index contributed by atoms with van der Waals surface area (Å²) >= 11 is 0.